The molecule has 1 unspecified atom stereocenters. The van der Waals surface area contributed by atoms with Crippen LogP contribution in [-0.4, -0.2) is 68.3 Å². The Morgan fingerprint density at radius 3 is 2.44 bits per heavy atom. The van der Waals surface area contributed by atoms with Gasteiger partial charge in [-0.25, -0.2) is 13.2 Å². The summed E-state index contributed by atoms with van der Waals surface area (Å²) in [7, 11) is -7.68. The van der Waals surface area contributed by atoms with Crippen LogP contribution in [0.5, 0.6) is 0 Å². The first kappa shape index (κ1) is 30.9. The molecule has 0 aromatic heterocycles. The number of nitrogens with one attached hydrogen (secondary N) is 1. The molecule has 2 aromatic rings. The Morgan fingerprint density at radius 2 is 1.87 bits per heavy atom. The Labute approximate surface area is 228 Å². The number of alkyl carbamates (subject to hydrolysis) is 1. The van der Waals surface area contributed by atoms with Crippen LogP contribution in [0.3, 0.4) is 0 Å². The second-order valence-electron chi connectivity index (χ2n) is 9.55. The second-order valence-corrected chi connectivity index (χ2v) is 12.3. The SMILES string of the molecule is CC(C)CN(C[C@@H](O[PH](=O)O)[C@H](Cc1ccccc1)NC(=O)O[C@H]1CCOC1)S(=O)(=O)c1ccc(N=O)cc1. The van der Waals surface area contributed by atoms with E-state index in [9.17, 15) is 27.6 Å². The van der Waals surface area contributed by atoms with Crippen LogP contribution in [0.15, 0.2) is 64.7 Å². The summed E-state index contributed by atoms with van der Waals surface area (Å²) >= 11 is 0. The molecule has 14 heteroatoms. The van der Waals surface area contributed by atoms with E-state index in [4.69, 9.17) is 14.0 Å². The number of nitroso groups, excluding NO2 is 1. The zero-order chi connectivity index (χ0) is 28.4. The highest BCUT2D eigenvalue weighted by atomic mass is 32.2. The van der Waals surface area contributed by atoms with Gasteiger partial charge in [-0.15, -0.1) is 4.91 Å². The lowest BCUT2D eigenvalue weighted by Crippen LogP contribution is -2.52. The van der Waals surface area contributed by atoms with Gasteiger partial charge in [0.25, 0.3) is 0 Å². The number of nitrogens with zero attached hydrogens (tertiary/aromatic N) is 2. The van der Waals surface area contributed by atoms with E-state index in [1.54, 1.807) is 12.1 Å². The molecule has 1 heterocycles. The lowest BCUT2D eigenvalue weighted by molar-refractivity contribution is 0.0689. The third-order valence-electron chi connectivity index (χ3n) is 6.00. The Balaban J connectivity index is 1.93. The van der Waals surface area contributed by atoms with Crippen molar-refractivity contribution in [1.82, 2.24) is 9.62 Å². The van der Waals surface area contributed by atoms with Crippen LogP contribution >= 0.6 is 8.25 Å². The molecule has 12 nitrogen and oxygen atoms in total. The quantitative estimate of drug-likeness (QED) is 0.250. The molecule has 0 saturated carbocycles. The number of carbonyl (C=O) groups excluding carboxylic acids is 1. The minimum Gasteiger partial charge on any atom is -0.444 e. The van der Waals surface area contributed by atoms with Gasteiger partial charge in [0, 0.05) is 19.5 Å². The van der Waals surface area contributed by atoms with E-state index in [-0.39, 0.29) is 42.6 Å². The molecule has 1 aliphatic heterocycles. The van der Waals surface area contributed by atoms with E-state index in [0.29, 0.717) is 13.0 Å². The van der Waals surface area contributed by atoms with Crippen LogP contribution in [0, 0.1) is 10.8 Å². The van der Waals surface area contributed by atoms with Crippen molar-refractivity contribution in [3.8, 4) is 0 Å². The standard InChI is InChI=1S/C25H34N3O9PS/c1-18(2)15-28(39(33,34)22-10-8-20(27-30)9-11-22)16-24(37-38(31)32)23(14-19-6-4-3-5-7-19)26-25(29)36-21-12-13-35-17-21/h3-11,18,21,23-24,38H,12-17H2,1-2H3,(H,26,29)(H,31,32)/t21-,23-,24+/m0/s1. The van der Waals surface area contributed by atoms with Gasteiger partial charge in [-0.05, 0) is 47.3 Å². The monoisotopic (exact) mass is 583 g/mol. The topological polar surface area (TPSA) is 161 Å². The van der Waals surface area contributed by atoms with Gasteiger partial charge in [-0.2, -0.15) is 4.31 Å². The molecule has 4 atom stereocenters. The van der Waals surface area contributed by atoms with Crippen molar-refractivity contribution >= 4 is 30.1 Å². The third kappa shape index (κ3) is 9.48. The van der Waals surface area contributed by atoms with Crippen molar-refractivity contribution in [2.45, 2.75) is 49.8 Å². The molecule has 3 rings (SSSR count). The fourth-order valence-corrected chi connectivity index (χ4v) is 6.28. The molecule has 1 amide bonds. The first-order chi connectivity index (χ1) is 18.6. The van der Waals surface area contributed by atoms with Gasteiger partial charge in [-0.1, -0.05) is 44.2 Å². The van der Waals surface area contributed by atoms with Gasteiger partial charge in [0.2, 0.25) is 10.0 Å². The summed E-state index contributed by atoms with van der Waals surface area (Å²) in [4.78, 5) is 33.2. The first-order valence-electron chi connectivity index (χ1n) is 12.5. The van der Waals surface area contributed by atoms with Crippen LogP contribution in [0.2, 0.25) is 0 Å². The molecule has 39 heavy (non-hydrogen) atoms. The van der Waals surface area contributed by atoms with Crippen molar-refractivity contribution in [3.05, 3.63) is 65.1 Å². The molecule has 2 N–H and O–H groups in total. The van der Waals surface area contributed by atoms with Gasteiger partial charge in [0.05, 0.1) is 24.2 Å². The van der Waals surface area contributed by atoms with Crippen molar-refractivity contribution in [2.75, 3.05) is 26.3 Å². The van der Waals surface area contributed by atoms with Gasteiger partial charge >= 0.3 is 14.3 Å². The summed E-state index contributed by atoms with van der Waals surface area (Å²) in [5.74, 6) is -0.115. The summed E-state index contributed by atoms with van der Waals surface area (Å²) in [6.45, 7) is 4.11. The predicted octanol–water partition coefficient (Wildman–Crippen LogP) is 3.62. The number of amides is 1. The average molecular weight is 584 g/mol. The highest BCUT2D eigenvalue weighted by molar-refractivity contribution is 7.89. The van der Waals surface area contributed by atoms with E-state index < -0.39 is 42.6 Å². The number of hydrogen-bond acceptors (Lipinski definition) is 9. The highest BCUT2D eigenvalue weighted by Gasteiger charge is 2.34. The van der Waals surface area contributed by atoms with Gasteiger partial charge < -0.3 is 24.2 Å². The van der Waals surface area contributed by atoms with Crippen LogP contribution in [0.4, 0.5) is 10.5 Å². The summed E-state index contributed by atoms with van der Waals surface area (Å²) in [6.07, 6.45) is -1.70. The van der Waals surface area contributed by atoms with Crippen LogP contribution in [0.25, 0.3) is 0 Å². The molecular formula is C25H34N3O9PS. The molecule has 0 bridgehead atoms. The van der Waals surface area contributed by atoms with Crippen LogP contribution in [0.1, 0.15) is 25.8 Å². The molecule has 1 aliphatic rings. The molecular weight excluding hydrogens is 549 g/mol. The Morgan fingerprint density at radius 1 is 1.18 bits per heavy atom. The van der Waals surface area contributed by atoms with Crippen molar-refractivity contribution in [1.29, 1.82) is 0 Å². The number of sulfonamides is 1. The summed E-state index contributed by atoms with van der Waals surface area (Å²) in [5.41, 5.74) is 0.858. The number of hydrogen-bond donors (Lipinski definition) is 2. The number of rotatable bonds is 14. The Hall–Kier alpha value is -2.67. The van der Waals surface area contributed by atoms with Crippen LogP contribution < -0.4 is 5.32 Å². The van der Waals surface area contributed by atoms with Crippen molar-refractivity contribution in [2.24, 2.45) is 11.1 Å². The minimum atomic E-state index is -4.13. The molecule has 214 valence electrons. The third-order valence-corrected chi connectivity index (χ3v) is 8.35. The normalized spacial score (nSPS) is 18.0. The van der Waals surface area contributed by atoms with Crippen LogP contribution in [-0.2, 0) is 35.0 Å². The maximum atomic E-state index is 13.6. The summed E-state index contributed by atoms with van der Waals surface area (Å²) in [5, 5.41) is 5.52. The summed E-state index contributed by atoms with van der Waals surface area (Å²) in [6, 6.07) is 13.3. The zero-order valence-electron chi connectivity index (χ0n) is 21.8. The van der Waals surface area contributed by atoms with E-state index >= 15 is 0 Å². The second kappa shape index (κ2) is 14.6. The highest BCUT2D eigenvalue weighted by Crippen LogP contribution is 2.27. The van der Waals surface area contributed by atoms with Gasteiger partial charge in [0.1, 0.15) is 17.9 Å². The van der Waals surface area contributed by atoms with Crippen molar-refractivity contribution < 1.29 is 36.7 Å². The lowest BCUT2D eigenvalue weighted by atomic mass is 10.0. The zero-order valence-corrected chi connectivity index (χ0v) is 23.6. The van der Waals surface area contributed by atoms with E-state index in [1.165, 1.54) is 24.3 Å². The molecule has 0 radical (unpaired) electrons. The van der Waals surface area contributed by atoms with E-state index in [2.05, 4.69) is 10.5 Å². The molecule has 0 aliphatic carbocycles. The number of benzene rings is 2. The number of ether oxygens (including phenoxy) is 2. The maximum absolute atomic E-state index is 13.6. The average Bonchev–Trinajstić information content (AvgIpc) is 3.40. The first-order valence-corrected chi connectivity index (χ1v) is 15.2. The fourth-order valence-electron chi connectivity index (χ4n) is 4.17. The Kier molecular flexibility index (Phi) is 11.6. The Bertz CT molecular complexity index is 1210. The number of carbonyl (C=O) groups is 1. The molecule has 0 spiro atoms. The van der Waals surface area contributed by atoms with E-state index in [0.717, 1.165) is 9.87 Å². The minimum absolute atomic E-state index is 0.0597. The lowest BCUT2D eigenvalue weighted by Gasteiger charge is -2.32. The fraction of sp³-hybridized carbons (Fsp3) is 0.480. The maximum Gasteiger partial charge on any atom is 0.407 e. The van der Waals surface area contributed by atoms with E-state index in [1.807, 2.05) is 32.0 Å². The van der Waals surface area contributed by atoms with Crippen molar-refractivity contribution in [3.63, 3.8) is 0 Å². The summed E-state index contributed by atoms with van der Waals surface area (Å²) < 4.78 is 56.4. The molecule has 2 aromatic carbocycles. The van der Waals surface area contributed by atoms with Gasteiger partial charge in [0.15, 0.2) is 0 Å². The predicted molar refractivity (Wildman–Crippen MR) is 144 cm³/mol. The molecule has 1 saturated heterocycles. The smallest absolute Gasteiger partial charge is 0.407 e. The molecule has 1 fully saturated rings. The van der Waals surface area contributed by atoms with Gasteiger partial charge in [-0.3, -0.25) is 4.57 Å². The largest absolute Gasteiger partial charge is 0.444 e.